The molecule has 0 radical (unpaired) electrons. The maximum absolute atomic E-state index is 5.76. The zero-order valence-corrected chi connectivity index (χ0v) is 13.1. The molecule has 0 amide bonds. The normalized spacial score (nSPS) is 13.9. The Morgan fingerprint density at radius 3 is 2.11 bits per heavy atom. The van der Waals surface area contributed by atoms with Gasteiger partial charge in [0, 0.05) is 11.6 Å². The van der Waals surface area contributed by atoms with Crippen LogP contribution >= 0.6 is 0 Å². The molecular weight excluding hydrogens is 222 g/mol. The second-order valence-corrected chi connectivity index (χ2v) is 6.46. The van der Waals surface area contributed by atoms with Crippen molar-refractivity contribution in [1.82, 2.24) is 5.32 Å². The van der Waals surface area contributed by atoms with Gasteiger partial charge in [-0.2, -0.15) is 0 Å². The van der Waals surface area contributed by atoms with Crippen molar-refractivity contribution < 1.29 is 4.42 Å². The quantitative estimate of drug-likeness (QED) is 0.822. The molecule has 18 heavy (non-hydrogen) atoms. The van der Waals surface area contributed by atoms with Gasteiger partial charge in [0.2, 0.25) is 0 Å². The first kappa shape index (κ1) is 15.3. The summed E-state index contributed by atoms with van der Waals surface area (Å²) < 4.78 is 5.76. The second-order valence-electron chi connectivity index (χ2n) is 6.46. The van der Waals surface area contributed by atoms with E-state index in [1.54, 1.807) is 0 Å². The van der Waals surface area contributed by atoms with E-state index in [9.17, 15) is 0 Å². The highest BCUT2D eigenvalue weighted by molar-refractivity contribution is 5.34. The van der Waals surface area contributed by atoms with Crippen molar-refractivity contribution in [3.8, 4) is 0 Å². The van der Waals surface area contributed by atoms with Crippen LogP contribution in [-0.4, -0.2) is 6.54 Å². The summed E-state index contributed by atoms with van der Waals surface area (Å²) >= 11 is 0. The van der Waals surface area contributed by atoms with E-state index in [2.05, 4.69) is 53.8 Å². The van der Waals surface area contributed by atoms with Crippen molar-refractivity contribution in [2.75, 3.05) is 6.54 Å². The van der Waals surface area contributed by atoms with E-state index in [1.165, 1.54) is 17.5 Å². The summed E-state index contributed by atoms with van der Waals surface area (Å²) in [4.78, 5) is 0. The van der Waals surface area contributed by atoms with Crippen LogP contribution in [0.4, 0.5) is 0 Å². The van der Waals surface area contributed by atoms with Gasteiger partial charge in [-0.1, -0.05) is 27.7 Å². The zero-order valence-electron chi connectivity index (χ0n) is 13.1. The summed E-state index contributed by atoms with van der Waals surface area (Å²) in [6, 6.07) is 0.423. The van der Waals surface area contributed by atoms with Gasteiger partial charge >= 0.3 is 0 Å². The summed E-state index contributed by atoms with van der Waals surface area (Å²) in [6.07, 6.45) is 2.38. The van der Waals surface area contributed by atoms with E-state index < -0.39 is 0 Å². The minimum atomic E-state index is 0.383. The number of nitrogens with one attached hydrogen (secondary N) is 1. The minimum Gasteiger partial charge on any atom is -0.466 e. The molecular formula is C16H29NO. The Labute approximate surface area is 112 Å². The Hall–Kier alpha value is -0.760. The maximum atomic E-state index is 5.76. The first-order valence-corrected chi connectivity index (χ1v) is 7.06. The second kappa shape index (κ2) is 5.92. The Kier molecular flexibility index (Phi) is 5.03. The SMILES string of the molecule is CCNC(CCC(C)(C)C)c1c(C)oc(C)c1C. The zero-order chi connectivity index (χ0) is 13.9. The summed E-state index contributed by atoms with van der Waals surface area (Å²) in [5.41, 5.74) is 3.07. The summed E-state index contributed by atoms with van der Waals surface area (Å²) in [5, 5.41) is 3.61. The molecule has 0 bridgehead atoms. The molecule has 1 aromatic heterocycles. The monoisotopic (exact) mass is 251 g/mol. The molecule has 0 aliphatic heterocycles. The lowest BCUT2D eigenvalue weighted by Crippen LogP contribution is -2.23. The number of aryl methyl sites for hydroxylation is 2. The van der Waals surface area contributed by atoms with Crippen molar-refractivity contribution in [2.24, 2.45) is 5.41 Å². The Balaban J connectivity index is 2.90. The molecule has 2 heteroatoms. The van der Waals surface area contributed by atoms with Gasteiger partial charge in [-0.3, -0.25) is 0 Å². The molecule has 0 aliphatic carbocycles. The third-order valence-electron chi connectivity index (χ3n) is 3.60. The molecule has 104 valence electrons. The third kappa shape index (κ3) is 3.88. The van der Waals surface area contributed by atoms with E-state index in [4.69, 9.17) is 4.42 Å². The first-order valence-electron chi connectivity index (χ1n) is 7.06. The fraction of sp³-hybridized carbons (Fsp3) is 0.750. The molecule has 1 unspecified atom stereocenters. The molecule has 0 aliphatic rings. The van der Waals surface area contributed by atoms with E-state index in [1.807, 2.05) is 0 Å². The molecule has 1 atom stereocenters. The predicted octanol–water partition coefficient (Wildman–Crippen LogP) is 4.68. The van der Waals surface area contributed by atoms with Gasteiger partial charge in [0.1, 0.15) is 11.5 Å². The topological polar surface area (TPSA) is 25.2 Å². The average Bonchev–Trinajstić information content (AvgIpc) is 2.48. The number of furan rings is 1. The van der Waals surface area contributed by atoms with Crippen molar-refractivity contribution in [2.45, 2.75) is 67.3 Å². The molecule has 1 rings (SSSR count). The lowest BCUT2D eigenvalue weighted by Gasteiger charge is -2.24. The average molecular weight is 251 g/mol. The van der Waals surface area contributed by atoms with Crippen LogP contribution in [0.3, 0.4) is 0 Å². The Morgan fingerprint density at radius 1 is 1.11 bits per heavy atom. The third-order valence-corrected chi connectivity index (χ3v) is 3.60. The molecule has 0 spiro atoms. The lowest BCUT2D eigenvalue weighted by atomic mass is 9.86. The Morgan fingerprint density at radius 2 is 1.72 bits per heavy atom. The van der Waals surface area contributed by atoms with Crippen LogP contribution in [0.1, 0.15) is 69.2 Å². The lowest BCUT2D eigenvalue weighted by molar-refractivity contribution is 0.332. The molecule has 0 saturated heterocycles. The van der Waals surface area contributed by atoms with Gasteiger partial charge in [0.05, 0.1) is 0 Å². The number of rotatable bonds is 5. The smallest absolute Gasteiger partial charge is 0.106 e. The summed E-state index contributed by atoms with van der Waals surface area (Å²) in [5.74, 6) is 2.13. The van der Waals surface area contributed by atoms with Gasteiger partial charge in [0.15, 0.2) is 0 Å². The van der Waals surface area contributed by atoms with Crippen LogP contribution in [0, 0.1) is 26.2 Å². The predicted molar refractivity (Wildman–Crippen MR) is 78.0 cm³/mol. The van der Waals surface area contributed by atoms with Crippen LogP contribution in [0.25, 0.3) is 0 Å². The van der Waals surface area contributed by atoms with Crippen LogP contribution < -0.4 is 5.32 Å². The van der Waals surface area contributed by atoms with E-state index >= 15 is 0 Å². The molecule has 1 N–H and O–H groups in total. The minimum absolute atomic E-state index is 0.383. The molecule has 0 fully saturated rings. The van der Waals surface area contributed by atoms with Gasteiger partial charge in [-0.05, 0) is 51.1 Å². The van der Waals surface area contributed by atoms with Gasteiger partial charge in [-0.15, -0.1) is 0 Å². The maximum Gasteiger partial charge on any atom is 0.106 e. The molecule has 1 heterocycles. The molecule has 0 aromatic carbocycles. The van der Waals surface area contributed by atoms with Crippen LogP contribution in [0.5, 0.6) is 0 Å². The highest BCUT2D eigenvalue weighted by Gasteiger charge is 2.22. The van der Waals surface area contributed by atoms with Crippen LogP contribution in [0.2, 0.25) is 0 Å². The van der Waals surface area contributed by atoms with Crippen LogP contribution in [0.15, 0.2) is 4.42 Å². The Bertz CT molecular complexity index is 385. The van der Waals surface area contributed by atoms with E-state index in [0.717, 1.165) is 24.5 Å². The summed E-state index contributed by atoms with van der Waals surface area (Å²) in [6.45, 7) is 16.4. The molecule has 1 aromatic rings. The van der Waals surface area contributed by atoms with Gasteiger partial charge in [0.25, 0.3) is 0 Å². The van der Waals surface area contributed by atoms with Crippen molar-refractivity contribution in [3.05, 3.63) is 22.6 Å². The number of hydrogen-bond donors (Lipinski definition) is 1. The number of hydrogen-bond acceptors (Lipinski definition) is 2. The molecule has 0 saturated carbocycles. The van der Waals surface area contributed by atoms with E-state index in [0.29, 0.717) is 11.5 Å². The highest BCUT2D eigenvalue weighted by atomic mass is 16.3. The largest absolute Gasteiger partial charge is 0.466 e. The fourth-order valence-corrected chi connectivity index (χ4v) is 2.49. The van der Waals surface area contributed by atoms with Gasteiger partial charge in [-0.25, -0.2) is 0 Å². The van der Waals surface area contributed by atoms with Crippen molar-refractivity contribution >= 4 is 0 Å². The van der Waals surface area contributed by atoms with Gasteiger partial charge < -0.3 is 9.73 Å². The standard InChI is InChI=1S/C16H29NO/c1-8-17-14(9-10-16(5,6)7)15-11(2)12(3)18-13(15)4/h14,17H,8-10H2,1-7H3. The highest BCUT2D eigenvalue weighted by Crippen LogP contribution is 2.32. The first-order chi connectivity index (χ1) is 8.26. The van der Waals surface area contributed by atoms with Crippen LogP contribution in [-0.2, 0) is 0 Å². The van der Waals surface area contributed by atoms with Crippen molar-refractivity contribution in [3.63, 3.8) is 0 Å². The van der Waals surface area contributed by atoms with Crippen molar-refractivity contribution in [1.29, 1.82) is 0 Å². The van der Waals surface area contributed by atoms with E-state index in [-0.39, 0.29) is 0 Å². The summed E-state index contributed by atoms with van der Waals surface area (Å²) in [7, 11) is 0. The molecule has 2 nitrogen and oxygen atoms in total. The fourth-order valence-electron chi connectivity index (χ4n) is 2.49.